The van der Waals surface area contributed by atoms with E-state index in [1.54, 1.807) is 0 Å². The summed E-state index contributed by atoms with van der Waals surface area (Å²) >= 11 is 0. The number of nitriles is 1. The summed E-state index contributed by atoms with van der Waals surface area (Å²) in [7, 11) is -3.69. The van der Waals surface area contributed by atoms with Gasteiger partial charge in [0.05, 0.1) is 6.07 Å². The average molecular weight is 214 g/mol. The van der Waals surface area contributed by atoms with E-state index < -0.39 is 21.3 Å². The van der Waals surface area contributed by atoms with Gasteiger partial charge in [0.15, 0.2) is 11.6 Å². The molecule has 0 aliphatic rings. The number of nitrogens with zero attached hydrogens (tertiary/aromatic N) is 2. The van der Waals surface area contributed by atoms with Crippen LogP contribution >= 0.6 is 0 Å². The molecule has 0 bridgehead atoms. The van der Waals surface area contributed by atoms with Crippen LogP contribution in [0.1, 0.15) is 0 Å². The summed E-state index contributed by atoms with van der Waals surface area (Å²) in [6.45, 7) is 0. The quantitative estimate of drug-likeness (QED) is 0.671. The predicted octanol–water partition coefficient (Wildman–Crippen LogP) is -0.965. The summed E-state index contributed by atoms with van der Waals surface area (Å²) in [5, 5.41) is 13.6. The Morgan fingerprint density at radius 2 is 2.29 bits per heavy atom. The molecule has 1 rings (SSSR count). The van der Waals surface area contributed by atoms with Gasteiger partial charge in [-0.2, -0.15) is 10.4 Å². The molecule has 0 aliphatic carbocycles. The second-order valence-corrected chi connectivity index (χ2v) is 4.05. The average Bonchev–Trinajstić information content (AvgIpc) is 2.08. The monoisotopic (exact) mass is 214 g/mol. The number of aromatic nitrogens is 2. The van der Waals surface area contributed by atoms with E-state index in [0.717, 1.165) is 6.07 Å². The Bertz CT molecular complexity index is 492. The van der Waals surface area contributed by atoms with Gasteiger partial charge in [0.2, 0.25) is 10.0 Å². The highest BCUT2D eigenvalue weighted by Gasteiger charge is 2.09. The molecule has 0 atom stereocenters. The van der Waals surface area contributed by atoms with E-state index in [2.05, 4.69) is 5.10 Å². The number of H-pyrrole nitrogens is 1. The Kier molecular flexibility index (Phi) is 2.83. The molecule has 0 radical (unpaired) electrons. The highest BCUT2D eigenvalue weighted by molar-refractivity contribution is 7.92. The molecule has 0 aromatic carbocycles. The van der Waals surface area contributed by atoms with Crippen LogP contribution in [0.15, 0.2) is 16.9 Å². The lowest BCUT2D eigenvalue weighted by atomic mass is 10.5. The second kappa shape index (κ2) is 3.89. The van der Waals surface area contributed by atoms with Gasteiger partial charge in [-0.1, -0.05) is 0 Å². The van der Waals surface area contributed by atoms with Crippen molar-refractivity contribution in [2.45, 2.75) is 0 Å². The molecule has 0 saturated carbocycles. The van der Waals surface area contributed by atoms with E-state index in [-0.39, 0.29) is 5.82 Å². The summed E-state index contributed by atoms with van der Waals surface area (Å²) in [4.78, 5) is 10.6. The summed E-state index contributed by atoms with van der Waals surface area (Å²) in [5.41, 5.74) is -0.437. The molecule has 1 aromatic rings. The standard InChI is InChI=1S/C6H6N4O3S/c7-3-4-14(12,13)10-5-1-2-6(11)9-8-5/h1-2H,4H2,(H,8,10)(H,9,11). The fourth-order valence-corrected chi connectivity index (χ4v) is 1.36. The van der Waals surface area contributed by atoms with Crippen LogP contribution in [0, 0.1) is 11.3 Å². The minimum atomic E-state index is -3.69. The molecule has 0 unspecified atom stereocenters. The minimum absolute atomic E-state index is 0.0279. The maximum atomic E-state index is 11.0. The molecule has 74 valence electrons. The Morgan fingerprint density at radius 1 is 1.57 bits per heavy atom. The van der Waals surface area contributed by atoms with E-state index in [1.165, 1.54) is 12.1 Å². The SMILES string of the molecule is N#CCS(=O)(=O)Nc1ccc(=O)[nH]n1. The van der Waals surface area contributed by atoms with Gasteiger partial charge in [-0.15, -0.1) is 0 Å². The van der Waals surface area contributed by atoms with Crippen LogP contribution in [0.4, 0.5) is 5.82 Å². The normalized spacial score (nSPS) is 10.5. The molecular formula is C6H6N4O3S. The lowest BCUT2D eigenvalue weighted by Crippen LogP contribution is -2.18. The lowest BCUT2D eigenvalue weighted by Gasteiger charge is -2.01. The number of sulfonamides is 1. The second-order valence-electron chi connectivity index (χ2n) is 2.33. The Hall–Kier alpha value is -1.88. The summed E-state index contributed by atoms with van der Waals surface area (Å²) in [6, 6.07) is 3.81. The number of hydrogen-bond acceptors (Lipinski definition) is 5. The number of rotatable bonds is 3. The molecule has 0 spiro atoms. The molecule has 0 aliphatic heterocycles. The van der Waals surface area contributed by atoms with Crippen LogP contribution in [0.2, 0.25) is 0 Å². The maximum absolute atomic E-state index is 11.0. The van der Waals surface area contributed by atoms with Gasteiger partial charge in [0.1, 0.15) is 0 Å². The third-order valence-corrected chi connectivity index (χ3v) is 2.22. The molecule has 7 nitrogen and oxygen atoms in total. The summed E-state index contributed by atoms with van der Waals surface area (Å²) in [6.07, 6.45) is 0. The van der Waals surface area contributed by atoms with Crippen molar-refractivity contribution in [3.8, 4) is 6.07 Å². The van der Waals surface area contributed by atoms with Crippen LogP contribution in [-0.4, -0.2) is 24.4 Å². The van der Waals surface area contributed by atoms with Gasteiger partial charge >= 0.3 is 0 Å². The highest BCUT2D eigenvalue weighted by Crippen LogP contribution is 2.00. The molecule has 2 N–H and O–H groups in total. The zero-order chi connectivity index (χ0) is 10.6. The van der Waals surface area contributed by atoms with E-state index in [0.29, 0.717) is 0 Å². The first kappa shape index (κ1) is 10.2. The van der Waals surface area contributed by atoms with Crippen molar-refractivity contribution >= 4 is 15.8 Å². The van der Waals surface area contributed by atoms with Gasteiger partial charge < -0.3 is 0 Å². The molecule has 0 saturated heterocycles. The van der Waals surface area contributed by atoms with Crippen molar-refractivity contribution in [1.29, 1.82) is 5.26 Å². The first-order chi connectivity index (χ1) is 6.53. The van der Waals surface area contributed by atoms with Crippen LogP contribution in [0.3, 0.4) is 0 Å². The van der Waals surface area contributed by atoms with Crippen molar-refractivity contribution < 1.29 is 8.42 Å². The van der Waals surface area contributed by atoms with E-state index in [4.69, 9.17) is 5.26 Å². The van der Waals surface area contributed by atoms with Gasteiger partial charge in [-0.25, -0.2) is 13.5 Å². The molecule has 8 heteroatoms. The molecule has 1 heterocycles. The van der Waals surface area contributed by atoms with Crippen LogP contribution in [0.5, 0.6) is 0 Å². The number of nitrogens with one attached hydrogen (secondary N) is 2. The van der Waals surface area contributed by atoms with Crippen LogP contribution in [0.25, 0.3) is 0 Å². The van der Waals surface area contributed by atoms with E-state index in [1.807, 2.05) is 9.82 Å². The van der Waals surface area contributed by atoms with Gasteiger partial charge in [-0.3, -0.25) is 9.52 Å². The summed E-state index contributed by atoms with van der Waals surface area (Å²) in [5.74, 6) is -0.687. The van der Waals surface area contributed by atoms with Crippen molar-refractivity contribution in [1.82, 2.24) is 10.2 Å². The van der Waals surface area contributed by atoms with Crippen LogP contribution in [-0.2, 0) is 10.0 Å². The fraction of sp³-hybridized carbons (Fsp3) is 0.167. The smallest absolute Gasteiger partial charge is 0.264 e. The molecule has 0 fully saturated rings. The first-order valence-electron chi connectivity index (χ1n) is 3.47. The van der Waals surface area contributed by atoms with Crippen LogP contribution < -0.4 is 10.3 Å². The zero-order valence-corrected chi connectivity index (χ0v) is 7.71. The van der Waals surface area contributed by atoms with Crippen molar-refractivity contribution in [2.24, 2.45) is 0 Å². The summed E-state index contributed by atoms with van der Waals surface area (Å²) < 4.78 is 24.1. The third-order valence-electron chi connectivity index (χ3n) is 1.19. The molecule has 14 heavy (non-hydrogen) atoms. The van der Waals surface area contributed by atoms with E-state index >= 15 is 0 Å². The Morgan fingerprint density at radius 3 is 2.79 bits per heavy atom. The molecule has 0 amide bonds. The van der Waals surface area contributed by atoms with Gasteiger partial charge in [0.25, 0.3) is 5.56 Å². The van der Waals surface area contributed by atoms with Crippen molar-refractivity contribution in [3.05, 3.63) is 22.5 Å². The van der Waals surface area contributed by atoms with Gasteiger partial charge in [-0.05, 0) is 6.07 Å². The fourth-order valence-electron chi connectivity index (χ4n) is 0.682. The number of anilines is 1. The zero-order valence-electron chi connectivity index (χ0n) is 6.89. The number of aromatic amines is 1. The predicted molar refractivity (Wildman–Crippen MR) is 47.9 cm³/mol. The molecule has 1 aromatic heterocycles. The van der Waals surface area contributed by atoms with Crippen molar-refractivity contribution in [3.63, 3.8) is 0 Å². The van der Waals surface area contributed by atoms with Gasteiger partial charge in [0, 0.05) is 6.07 Å². The lowest BCUT2D eigenvalue weighted by molar-refractivity contribution is 0.604. The highest BCUT2D eigenvalue weighted by atomic mass is 32.2. The van der Waals surface area contributed by atoms with E-state index in [9.17, 15) is 13.2 Å². The third kappa shape index (κ3) is 2.87. The van der Waals surface area contributed by atoms with Crippen molar-refractivity contribution in [2.75, 3.05) is 10.5 Å². The largest absolute Gasteiger partial charge is 0.268 e. The minimum Gasteiger partial charge on any atom is -0.268 e. The first-order valence-corrected chi connectivity index (χ1v) is 5.12. The molecular weight excluding hydrogens is 208 g/mol. The Labute approximate surface area is 79.4 Å². The maximum Gasteiger partial charge on any atom is 0.264 e. The topological polar surface area (TPSA) is 116 Å². The number of hydrogen-bond donors (Lipinski definition) is 2. The Balaban J connectivity index is 2.86.